The minimum Gasteiger partial charge on any atom is -0.619 e. The van der Waals surface area contributed by atoms with Gasteiger partial charge in [-0.3, -0.25) is 4.79 Å². The van der Waals surface area contributed by atoms with E-state index in [1.165, 1.54) is 36.7 Å². The van der Waals surface area contributed by atoms with Crippen LogP contribution in [0.5, 0.6) is 0 Å². The molecule has 0 aliphatic heterocycles. The number of pyridine rings is 1. The summed E-state index contributed by atoms with van der Waals surface area (Å²) in [5, 5.41) is 13.8. The van der Waals surface area contributed by atoms with E-state index >= 15 is 0 Å². The molecule has 2 atom stereocenters. The summed E-state index contributed by atoms with van der Waals surface area (Å²) >= 11 is 0. The number of amides is 1. The molecule has 5 heteroatoms. The number of nitrogens with one attached hydrogen (secondary N) is 1. The van der Waals surface area contributed by atoms with E-state index in [2.05, 4.69) is 5.32 Å². The third-order valence-electron chi connectivity index (χ3n) is 3.45. The van der Waals surface area contributed by atoms with Gasteiger partial charge in [-0.05, 0) is 24.1 Å². The predicted molar refractivity (Wildman–Crippen MR) is 70.4 cm³/mol. The Morgan fingerprint density at radius 1 is 1.30 bits per heavy atom. The van der Waals surface area contributed by atoms with Crippen molar-refractivity contribution in [3.63, 3.8) is 0 Å². The summed E-state index contributed by atoms with van der Waals surface area (Å²) in [6, 6.07) is 9.42. The number of halogens is 1. The Labute approximate surface area is 115 Å². The van der Waals surface area contributed by atoms with Gasteiger partial charge in [-0.1, -0.05) is 12.1 Å². The number of carbonyl (C=O) groups excluding carboxylic acids is 1. The van der Waals surface area contributed by atoms with Crippen LogP contribution in [0.2, 0.25) is 0 Å². The molecule has 1 fully saturated rings. The van der Waals surface area contributed by atoms with Crippen LogP contribution in [-0.4, -0.2) is 11.9 Å². The number of carbonyl (C=O) groups is 1. The quantitative estimate of drug-likeness (QED) is 0.683. The van der Waals surface area contributed by atoms with Crippen LogP contribution in [0, 0.1) is 11.0 Å². The molecule has 0 unspecified atom stereocenters. The molecule has 0 bridgehead atoms. The lowest BCUT2D eigenvalue weighted by molar-refractivity contribution is -0.605. The Kier molecular flexibility index (Phi) is 3.10. The fourth-order valence-corrected chi connectivity index (χ4v) is 2.28. The Bertz CT molecular complexity index is 643. The first-order valence-corrected chi connectivity index (χ1v) is 6.38. The van der Waals surface area contributed by atoms with Crippen molar-refractivity contribution >= 4 is 5.91 Å². The number of nitrogens with zero attached hydrogens (tertiary/aromatic N) is 1. The maximum Gasteiger partial charge on any atom is 0.251 e. The molecule has 0 radical (unpaired) electrons. The van der Waals surface area contributed by atoms with Crippen molar-refractivity contribution in [2.45, 2.75) is 18.4 Å². The van der Waals surface area contributed by atoms with Crippen LogP contribution in [0.4, 0.5) is 4.39 Å². The predicted octanol–water partition coefficient (Wildman–Crippen LogP) is 1.75. The van der Waals surface area contributed by atoms with Gasteiger partial charge in [-0.25, -0.2) is 4.39 Å². The van der Waals surface area contributed by atoms with Gasteiger partial charge < -0.3 is 10.5 Å². The third kappa shape index (κ3) is 2.61. The van der Waals surface area contributed by atoms with Crippen molar-refractivity contribution in [3.05, 3.63) is 70.9 Å². The molecule has 1 amide bonds. The zero-order chi connectivity index (χ0) is 14.1. The summed E-state index contributed by atoms with van der Waals surface area (Å²) in [7, 11) is 0. The molecule has 1 aliphatic rings. The van der Waals surface area contributed by atoms with Crippen molar-refractivity contribution in [1.29, 1.82) is 0 Å². The second-order valence-electron chi connectivity index (χ2n) is 4.92. The zero-order valence-electron chi connectivity index (χ0n) is 10.6. The summed E-state index contributed by atoms with van der Waals surface area (Å²) in [5.74, 6) is -0.306. The zero-order valence-corrected chi connectivity index (χ0v) is 10.6. The molecule has 1 heterocycles. The standard InChI is InChI=1S/C15H13FN2O2/c16-12-3-1-2-11(8-12)13-9-14(13)17-15(19)10-4-6-18(20)7-5-10/h1-8,13-14H,9H2,(H,17,19)/t13-,14+/m0/s1. The van der Waals surface area contributed by atoms with Gasteiger partial charge in [0.2, 0.25) is 0 Å². The molecule has 0 spiro atoms. The van der Waals surface area contributed by atoms with Gasteiger partial charge in [0.25, 0.3) is 5.91 Å². The highest BCUT2D eigenvalue weighted by Crippen LogP contribution is 2.40. The van der Waals surface area contributed by atoms with Gasteiger partial charge in [-0.2, -0.15) is 4.73 Å². The van der Waals surface area contributed by atoms with E-state index in [0.717, 1.165) is 12.0 Å². The Hall–Kier alpha value is -2.43. The fourth-order valence-electron chi connectivity index (χ4n) is 2.28. The summed E-state index contributed by atoms with van der Waals surface area (Å²) in [6.07, 6.45) is 3.38. The monoisotopic (exact) mass is 272 g/mol. The maximum atomic E-state index is 13.1. The van der Waals surface area contributed by atoms with Gasteiger partial charge in [-0.15, -0.1) is 0 Å². The topological polar surface area (TPSA) is 56.0 Å². The average Bonchev–Trinajstić information content (AvgIpc) is 3.18. The van der Waals surface area contributed by atoms with Crippen molar-refractivity contribution in [1.82, 2.24) is 5.32 Å². The van der Waals surface area contributed by atoms with Crippen molar-refractivity contribution in [3.8, 4) is 0 Å². The van der Waals surface area contributed by atoms with Gasteiger partial charge in [0.15, 0.2) is 12.4 Å². The molecule has 4 nitrogen and oxygen atoms in total. The molecular formula is C15H13FN2O2. The Balaban J connectivity index is 1.63. The molecule has 0 saturated heterocycles. The van der Waals surface area contributed by atoms with Gasteiger partial charge in [0.1, 0.15) is 5.82 Å². The normalized spacial score (nSPS) is 20.4. The maximum absolute atomic E-state index is 13.1. The molecule has 2 aromatic rings. The van der Waals surface area contributed by atoms with E-state index in [1.54, 1.807) is 6.07 Å². The highest BCUT2D eigenvalue weighted by atomic mass is 19.1. The second-order valence-corrected chi connectivity index (χ2v) is 4.92. The summed E-state index contributed by atoms with van der Waals surface area (Å²) < 4.78 is 13.8. The first-order chi connectivity index (χ1) is 9.63. The van der Waals surface area contributed by atoms with Crippen molar-refractivity contribution in [2.24, 2.45) is 0 Å². The molecule has 3 rings (SSSR count). The third-order valence-corrected chi connectivity index (χ3v) is 3.45. The molecule has 102 valence electrons. The summed E-state index contributed by atoms with van der Waals surface area (Å²) in [5.41, 5.74) is 1.35. The number of benzene rings is 1. The molecule has 20 heavy (non-hydrogen) atoms. The molecular weight excluding hydrogens is 259 g/mol. The van der Waals surface area contributed by atoms with Gasteiger partial charge in [0.05, 0.1) is 5.56 Å². The van der Waals surface area contributed by atoms with E-state index in [0.29, 0.717) is 10.3 Å². The smallest absolute Gasteiger partial charge is 0.251 e. The van der Waals surface area contributed by atoms with E-state index in [4.69, 9.17) is 0 Å². The first-order valence-electron chi connectivity index (χ1n) is 6.38. The summed E-state index contributed by atoms with van der Waals surface area (Å²) in [4.78, 5) is 12.0. The lowest BCUT2D eigenvalue weighted by Crippen LogP contribution is -2.29. The van der Waals surface area contributed by atoms with Crippen LogP contribution in [-0.2, 0) is 0 Å². The number of rotatable bonds is 3. The minimum atomic E-state index is -0.262. The van der Waals surface area contributed by atoms with Gasteiger partial charge in [0, 0.05) is 24.1 Å². The second kappa shape index (κ2) is 4.92. The minimum absolute atomic E-state index is 0.0314. The molecule has 1 aromatic heterocycles. The Morgan fingerprint density at radius 3 is 2.75 bits per heavy atom. The van der Waals surface area contributed by atoms with E-state index in [-0.39, 0.29) is 23.7 Å². The number of hydrogen-bond acceptors (Lipinski definition) is 2. The largest absolute Gasteiger partial charge is 0.619 e. The number of aromatic nitrogens is 1. The van der Waals surface area contributed by atoms with E-state index in [1.807, 2.05) is 6.07 Å². The average molecular weight is 272 g/mol. The summed E-state index contributed by atoms with van der Waals surface area (Å²) in [6.45, 7) is 0. The number of hydrogen-bond donors (Lipinski definition) is 1. The molecule has 1 saturated carbocycles. The molecule has 1 N–H and O–H groups in total. The fraction of sp³-hybridized carbons (Fsp3) is 0.200. The van der Waals surface area contributed by atoms with Crippen LogP contribution in [0.15, 0.2) is 48.8 Å². The van der Waals surface area contributed by atoms with Gasteiger partial charge >= 0.3 is 0 Å². The SMILES string of the molecule is O=C(N[C@@H]1C[C@H]1c1cccc(F)c1)c1cc[n+]([O-])cc1. The van der Waals surface area contributed by atoms with Crippen LogP contribution in [0.25, 0.3) is 0 Å². The van der Waals surface area contributed by atoms with Crippen molar-refractivity contribution in [2.75, 3.05) is 0 Å². The van der Waals surface area contributed by atoms with Crippen LogP contribution < -0.4 is 10.0 Å². The lowest BCUT2D eigenvalue weighted by Gasteiger charge is -2.05. The van der Waals surface area contributed by atoms with Crippen molar-refractivity contribution < 1.29 is 13.9 Å². The van der Waals surface area contributed by atoms with Crippen LogP contribution >= 0.6 is 0 Å². The Morgan fingerprint density at radius 2 is 2.05 bits per heavy atom. The van der Waals surface area contributed by atoms with Crippen LogP contribution in [0.3, 0.4) is 0 Å². The first kappa shape index (κ1) is 12.6. The highest BCUT2D eigenvalue weighted by Gasteiger charge is 2.39. The molecule has 1 aromatic carbocycles. The highest BCUT2D eigenvalue weighted by molar-refractivity contribution is 5.94. The van der Waals surface area contributed by atoms with E-state index in [9.17, 15) is 14.4 Å². The lowest BCUT2D eigenvalue weighted by atomic mass is 10.1. The molecule has 1 aliphatic carbocycles. The van der Waals surface area contributed by atoms with Crippen LogP contribution in [0.1, 0.15) is 28.3 Å². The van der Waals surface area contributed by atoms with E-state index < -0.39 is 0 Å².